The van der Waals surface area contributed by atoms with Gasteiger partial charge in [-0.25, -0.2) is 5.43 Å². The van der Waals surface area contributed by atoms with Gasteiger partial charge in [0.25, 0.3) is 0 Å². The van der Waals surface area contributed by atoms with Crippen LogP contribution in [0.5, 0.6) is 5.75 Å². The summed E-state index contributed by atoms with van der Waals surface area (Å²) in [4.78, 5) is 4.19. The van der Waals surface area contributed by atoms with Crippen LogP contribution in [0.3, 0.4) is 0 Å². The number of halogens is 2. The van der Waals surface area contributed by atoms with E-state index in [1.165, 1.54) is 0 Å². The molecule has 2 rings (SSSR count). The molecular formula is C15H17Cl2N3O. The maximum absolute atomic E-state index is 6.05. The number of pyridine rings is 1. The van der Waals surface area contributed by atoms with Crippen LogP contribution in [0.1, 0.15) is 31.0 Å². The number of nitrogens with two attached hydrogens (primary N) is 1. The zero-order valence-electron chi connectivity index (χ0n) is 11.8. The van der Waals surface area contributed by atoms with Crippen LogP contribution in [0.2, 0.25) is 10.0 Å². The van der Waals surface area contributed by atoms with E-state index in [2.05, 4.69) is 10.4 Å². The number of hydrogen-bond acceptors (Lipinski definition) is 4. The van der Waals surface area contributed by atoms with Crippen molar-refractivity contribution < 1.29 is 4.74 Å². The average molecular weight is 326 g/mol. The Morgan fingerprint density at radius 3 is 2.29 bits per heavy atom. The van der Waals surface area contributed by atoms with Crippen molar-refractivity contribution in [2.24, 2.45) is 5.84 Å². The molecule has 0 amide bonds. The molecule has 1 atom stereocenters. The third-order valence-electron chi connectivity index (χ3n) is 2.82. The molecule has 21 heavy (non-hydrogen) atoms. The van der Waals surface area contributed by atoms with E-state index in [1.54, 1.807) is 18.5 Å². The fourth-order valence-electron chi connectivity index (χ4n) is 2.06. The first-order valence-corrected chi connectivity index (χ1v) is 7.29. The van der Waals surface area contributed by atoms with Gasteiger partial charge in [-0.1, -0.05) is 23.2 Å². The Hall–Kier alpha value is -1.33. The number of hydrogen-bond donors (Lipinski definition) is 2. The van der Waals surface area contributed by atoms with Crippen molar-refractivity contribution in [1.82, 2.24) is 10.4 Å². The van der Waals surface area contributed by atoms with Crippen molar-refractivity contribution in [3.05, 3.63) is 57.8 Å². The maximum Gasteiger partial charge on any atom is 0.138 e. The Balaban J connectivity index is 2.36. The molecule has 112 valence electrons. The molecule has 0 aliphatic carbocycles. The minimum Gasteiger partial charge on any atom is -0.489 e. The molecule has 1 aromatic carbocycles. The second-order valence-corrected chi connectivity index (χ2v) is 5.80. The minimum absolute atomic E-state index is 0.0759. The lowest BCUT2D eigenvalue weighted by Crippen LogP contribution is -2.29. The van der Waals surface area contributed by atoms with Crippen molar-refractivity contribution in [3.63, 3.8) is 0 Å². The molecule has 0 aliphatic heterocycles. The van der Waals surface area contributed by atoms with Crippen molar-refractivity contribution in [2.45, 2.75) is 26.0 Å². The zero-order valence-corrected chi connectivity index (χ0v) is 13.3. The van der Waals surface area contributed by atoms with Crippen LogP contribution < -0.4 is 16.0 Å². The van der Waals surface area contributed by atoms with Gasteiger partial charge >= 0.3 is 0 Å². The Kier molecular flexibility index (Phi) is 5.42. The number of nitrogens with one attached hydrogen (secondary N) is 1. The molecule has 1 heterocycles. The van der Waals surface area contributed by atoms with E-state index < -0.39 is 0 Å². The number of nitrogens with zero attached hydrogens (tertiary/aromatic N) is 1. The number of aromatic nitrogens is 1. The summed E-state index contributed by atoms with van der Waals surface area (Å²) in [5.41, 5.74) is 4.49. The van der Waals surface area contributed by atoms with Gasteiger partial charge in [0.05, 0.1) is 18.3 Å². The molecule has 0 bridgehead atoms. The summed E-state index contributed by atoms with van der Waals surface area (Å²) in [6.45, 7) is 3.92. The van der Waals surface area contributed by atoms with Crippen LogP contribution in [0.25, 0.3) is 0 Å². The molecule has 0 spiro atoms. The number of benzene rings is 1. The second kappa shape index (κ2) is 7.09. The lowest BCUT2D eigenvalue weighted by molar-refractivity contribution is 0.241. The SMILES string of the molecule is CC(C)Oc1cncc(C(NN)c2cc(Cl)cc(Cl)c2)c1. The van der Waals surface area contributed by atoms with Gasteiger partial charge in [-0.15, -0.1) is 0 Å². The lowest BCUT2D eigenvalue weighted by Gasteiger charge is -2.18. The summed E-state index contributed by atoms with van der Waals surface area (Å²) in [6.07, 6.45) is 3.47. The predicted octanol–water partition coefficient (Wildman–Crippen LogP) is 3.73. The van der Waals surface area contributed by atoms with Gasteiger partial charge in [0.15, 0.2) is 0 Å². The van der Waals surface area contributed by atoms with Crippen molar-refractivity contribution >= 4 is 23.2 Å². The highest BCUT2D eigenvalue weighted by molar-refractivity contribution is 6.34. The topological polar surface area (TPSA) is 60.2 Å². The highest BCUT2D eigenvalue weighted by atomic mass is 35.5. The Morgan fingerprint density at radius 2 is 1.71 bits per heavy atom. The number of hydrazine groups is 1. The van der Waals surface area contributed by atoms with Crippen LogP contribution in [-0.4, -0.2) is 11.1 Å². The quantitative estimate of drug-likeness (QED) is 0.649. The fraction of sp³-hybridized carbons (Fsp3) is 0.267. The monoisotopic (exact) mass is 325 g/mol. The van der Waals surface area contributed by atoms with Gasteiger partial charge in [0, 0.05) is 16.2 Å². The standard InChI is InChI=1S/C15H17Cl2N3O/c1-9(2)21-14-5-11(7-19-8-14)15(20-18)10-3-12(16)6-13(17)4-10/h3-9,15,20H,18H2,1-2H3. The van der Waals surface area contributed by atoms with Crippen molar-refractivity contribution in [1.29, 1.82) is 0 Å². The molecule has 6 heteroatoms. The zero-order chi connectivity index (χ0) is 15.4. The molecule has 1 aromatic heterocycles. The van der Waals surface area contributed by atoms with Crippen LogP contribution in [0.4, 0.5) is 0 Å². The van der Waals surface area contributed by atoms with Crippen LogP contribution in [0.15, 0.2) is 36.7 Å². The van der Waals surface area contributed by atoms with Crippen molar-refractivity contribution in [2.75, 3.05) is 0 Å². The first kappa shape index (κ1) is 16.0. The third kappa shape index (κ3) is 4.32. The highest BCUT2D eigenvalue weighted by Gasteiger charge is 2.15. The largest absolute Gasteiger partial charge is 0.489 e. The first-order valence-electron chi connectivity index (χ1n) is 6.53. The lowest BCUT2D eigenvalue weighted by atomic mass is 10.0. The summed E-state index contributed by atoms with van der Waals surface area (Å²) in [7, 11) is 0. The minimum atomic E-state index is -0.274. The molecule has 0 fully saturated rings. The summed E-state index contributed by atoms with van der Waals surface area (Å²) in [5.74, 6) is 6.37. The summed E-state index contributed by atoms with van der Waals surface area (Å²) in [6, 6.07) is 6.93. The molecule has 4 nitrogen and oxygen atoms in total. The summed E-state index contributed by atoms with van der Waals surface area (Å²) in [5, 5.41) is 1.11. The molecule has 0 aliphatic rings. The molecule has 0 saturated carbocycles. The van der Waals surface area contributed by atoms with E-state index in [9.17, 15) is 0 Å². The van der Waals surface area contributed by atoms with Gasteiger partial charge in [-0.2, -0.15) is 0 Å². The van der Waals surface area contributed by atoms with E-state index in [4.69, 9.17) is 33.8 Å². The van der Waals surface area contributed by atoms with Gasteiger partial charge < -0.3 is 4.74 Å². The van der Waals surface area contributed by atoms with E-state index >= 15 is 0 Å². The number of rotatable bonds is 5. The molecular weight excluding hydrogens is 309 g/mol. The maximum atomic E-state index is 6.05. The fourth-order valence-corrected chi connectivity index (χ4v) is 2.60. The summed E-state index contributed by atoms with van der Waals surface area (Å²) < 4.78 is 5.65. The molecule has 0 saturated heterocycles. The van der Waals surface area contributed by atoms with Gasteiger partial charge in [-0.05, 0) is 49.2 Å². The van der Waals surface area contributed by atoms with Crippen LogP contribution >= 0.6 is 23.2 Å². The number of ether oxygens (including phenoxy) is 1. The van der Waals surface area contributed by atoms with Crippen molar-refractivity contribution in [3.8, 4) is 5.75 Å². The predicted molar refractivity (Wildman–Crippen MR) is 85.6 cm³/mol. The van der Waals surface area contributed by atoms with Crippen LogP contribution in [-0.2, 0) is 0 Å². The van der Waals surface area contributed by atoms with E-state index in [1.807, 2.05) is 32.0 Å². The average Bonchev–Trinajstić information content (AvgIpc) is 2.38. The van der Waals surface area contributed by atoms with E-state index in [-0.39, 0.29) is 12.1 Å². The van der Waals surface area contributed by atoms with E-state index in [0.717, 1.165) is 11.1 Å². The summed E-state index contributed by atoms with van der Waals surface area (Å²) >= 11 is 12.1. The molecule has 2 aromatic rings. The van der Waals surface area contributed by atoms with Crippen LogP contribution in [0, 0.1) is 0 Å². The Labute approximate surface area is 134 Å². The van der Waals surface area contributed by atoms with Gasteiger partial charge in [0.1, 0.15) is 5.75 Å². The molecule has 3 N–H and O–H groups in total. The Morgan fingerprint density at radius 1 is 1.05 bits per heavy atom. The second-order valence-electron chi connectivity index (χ2n) is 4.92. The first-order chi connectivity index (χ1) is 9.99. The van der Waals surface area contributed by atoms with Gasteiger partial charge in [-0.3, -0.25) is 10.8 Å². The highest BCUT2D eigenvalue weighted by Crippen LogP contribution is 2.28. The molecule has 1 unspecified atom stereocenters. The third-order valence-corrected chi connectivity index (χ3v) is 3.26. The van der Waals surface area contributed by atoms with Gasteiger partial charge in [0.2, 0.25) is 0 Å². The van der Waals surface area contributed by atoms with E-state index in [0.29, 0.717) is 15.8 Å². The molecule has 0 radical (unpaired) electrons. The smallest absolute Gasteiger partial charge is 0.138 e. The Bertz CT molecular complexity index is 599. The normalized spacial score (nSPS) is 12.5.